The molecule has 0 aliphatic carbocycles. The quantitative estimate of drug-likeness (QED) is 0.743. The minimum Gasteiger partial charge on any atom is -0.343 e. The van der Waals surface area contributed by atoms with Gasteiger partial charge in [-0.3, -0.25) is 0 Å². The van der Waals surface area contributed by atoms with Gasteiger partial charge in [-0.05, 0) is 18.5 Å². The molecule has 0 aliphatic heterocycles. The SMILES string of the molecule is Cc1nnsc1C(N)c1ncon1. The first kappa shape index (κ1) is 8.27. The van der Waals surface area contributed by atoms with Crippen LogP contribution in [0.4, 0.5) is 0 Å². The van der Waals surface area contributed by atoms with Crippen LogP contribution in [0.25, 0.3) is 0 Å². The van der Waals surface area contributed by atoms with Crippen molar-refractivity contribution < 1.29 is 4.52 Å². The molecule has 0 spiro atoms. The van der Waals surface area contributed by atoms with Crippen molar-refractivity contribution in [1.29, 1.82) is 0 Å². The molecule has 2 rings (SSSR count). The summed E-state index contributed by atoms with van der Waals surface area (Å²) in [6, 6.07) is -0.390. The Morgan fingerprint density at radius 3 is 3.00 bits per heavy atom. The van der Waals surface area contributed by atoms with E-state index in [-0.39, 0.29) is 0 Å². The molecule has 7 heteroatoms. The van der Waals surface area contributed by atoms with Crippen LogP contribution in [0.5, 0.6) is 0 Å². The van der Waals surface area contributed by atoms with Crippen LogP contribution < -0.4 is 5.73 Å². The van der Waals surface area contributed by atoms with Crippen molar-refractivity contribution in [2.75, 3.05) is 0 Å². The molecule has 2 aromatic heterocycles. The highest BCUT2D eigenvalue weighted by Gasteiger charge is 2.18. The Bertz CT molecular complexity index is 383. The third-order valence-electron chi connectivity index (χ3n) is 1.63. The number of nitrogens with zero attached hydrogens (tertiary/aromatic N) is 4. The van der Waals surface area contributed by atoms with Gasteiger partial charge in [0.1, 0.15) is 6.04 Å². The standard InChI is InChI=1S/C6H7N5OS/c1-3-5(13-11-9-3)4(7)6-8-2-12-10-6/h2,4H,7H2,1H3. The molecule has 1 unspecified atom stereocenters. The summed E-state index contributed by atoms with van der Waals surface area (Å²) in [5, 5.41) is 7.50. The van der Waals surface area contributed by atoms with Crippen molar-refractivity contribution in [1.82, 2.24) is 19.7 Å². The molecule has 0 amide bonds. The molecule has 0 aliphatic rings. The second-order valence-corrected chi connectivity index (χ2v) is 3.28. The van der Waals surface area contributed by atoms with Crippen molar-refractivity contribution in [2.24, 2.45) is 5.73 Å². The van der Waals surface area contributed by atoms with E-state index in [9.17, 15) is 0 Å². The fraction of sp³-hybridized carbons (Fsp3) is 0.333. The zero-order valence-corrected chi connectivity index (χ0v) is 7.65. The normalized spacial score (nSPS) is 13.1. The van der Waals surface area contributed by atoms with Crippen LogP contribution in [0.2, 0.25) is 0 Å². The number of hydrogen-bond acceptors (Lipinski definition) is 7. The van der Waals surface area contributed by atoms with Gasteiger partial charge in [0.2, 0.25) is 6.39 Å². The van der Waals surface area contributed by atoms with Crippen molar-refractivity contribution in [3.63, 3.8) is 0 Å². The van der Waals surface area contributed by atoms with E-state index in [1.54, 1.807) is 0 Å². The molecule has 6 nitrogen and oxygen atoms in total. The van der Waals surface area contributed by atoms with E-state index in [4.69, 9.17) is 5.73 Å². The van der Waals surface area contributed by atoms with Gasteiger partial charge >= 0.3 is 0 Å². The third-order valence-corrected chi connectivity index (χ3v) is 2.53. The Labute approximate surface area is 77.9 Å². The maximum atomic E-state index is 5.85. The van der Waals surface area contributed by atoms with Gasteiger partial charge in [0, 0.05) is 0 Å². The van der Waals surface area contributed by atoms with Gasteiger partial charge < -0.3 is 10.3 Å². The summed E-state index contributed by atoms with van der Waals surface area (Å²) in [7, 11) is 0. The van der Waals surface area contributed by atoms with E-state index in [1.165, 1.54) is 17.9 Å². The summed E-state index contributed by atoms with van der Waals surface area (Å²) in [5.41, 5.74) is 6.66. The molecule has 2 N–H and O–H groups in total. The lowest BCUT2D eigenvalue weighted by molar-refractivity contribution is 0.407. The second kappa shape index (κ2) is 3.19. The lowest BCUT2D eigenvalue weighted by atomic mass is 10.2. The fourth-order valence-corrected chi connectivity index (χ4v) is 1.60. The highest BCUT2D eigenvalue weighted by molar-refractivity contribution is 7.05. The number of aryl methyl sites for hydroxylation is 1. The highest BCUT2D eigenvalue weighted by Crippen LogP contribution is 2.21. The van der Waals surface area contributed by atoms with Gasteiger partial charge in [0.05, 0.1) is 10.6 Å². The van der Waals surface area contributed by atoms with Gasteiger partial charge in [0.25, 0.3) is 0 Å². The molecule has 2 heterocycles. The molecule has 1 atom stereocenters. The Morgan fingerprint density at radius 1 is 1.62 bits per heavy atom. The first-order valence-electron chi connectivity index (χ1n) is 3.59. The van der Waals surface area contributed by atoms with Gasteiger partial charge in [0.15, 0.2) is 5.82 Å². The molecule has 0 saturated heterocycles. The van der Waals surface area contributed by atoms with Crippen LogP contribution >= 0.6 is 11.5 Å². The Hall–Kier alpha value is -1.34. The lowest BCUT2D eigenvalue weighted by Crippen LogP contribution is -2.13. The molecule has 0 radical (unpaired) electrons. The van der Waals surface area contributed by atoms with Gasteiger partial charge in [-0.15, -0.1) is 5.10 Å². The van der Waals surface area contributed by atoms with E-state index in [0.717, 1.165) is 10.6 Å². The van der Waals surface area contributed by atoms with E-state index < -0.39 is 6.04 Å². The summed E-state index contributed by atoms with van der Waals surface area (Å²) in [6.07, 6.45) is 1.25. The Morgan fingerprint density at radius 2 is 2.46 bits per heavy atom. The molecule has 68 valence electrons. The monoisotopic (exact) mass is 197 g/mol. The Balaban J connectivity index is 2.33. The summed E-state index contributed by atoms with van der Waals surface area (Å²) < 4.78 is 8.37. The zero-order valence-electron chi connectivity index (χ0n) is 6.84. The summed E-state index contributed by atoms with van der Waals surface area (Å²) in [5.74, 6) is 0.453. The van der Waals surface area contributed by atoms with E-state index in [1.807, 2.05) is 6.92 Å². The topological polar surface area (TPSA) is 90.7 Å². The van der Waals surface area contributed by atoms with Crippen molar-refractivity contribution >= 4 is 11.5 Å². The third kappa shape index (κ3) is 1.43. The smallest absolute Gasteiger partial charge is 0.213 e. The van der Waals surface area contributed by atoms with Crippen molar-refractivity contribution in [3.05, 3.63) is 22.8 Å². The van der Waals surface area contributed by atoms with E-state index in [2.05, 4.69) is 24.3 Å². The number of hydrogen-bond donors (Lipinski definition) is 1. The minimum atomic E-state index is -0.390. The number of aromatic nitrogens is 4. The summed E-state index contributed by atoms with van der Waals surface area (Å²) >= 11 is 1.25. The van der Waals surface area contributed by atoms with Gasteiger partial charge in [-0.25, -0.2) is 0 Å². The average Bonchev–Trinajstić information content (AvgIpc) is 2.72. The molecule has 13 heavy (non-hydrogen) atoms. The molecule has 0 bridgehead atoms. The van der Waals surface area contributed by atoms with Gasteiger partial charge in [-0.2, -0.15) is 4.98 Å². The van der Waals surface area contributed by atoms with Crippen LogP contribution in [0.3, 0.4) is 0 Å². The van der Waals surface area contributed by atoms with Crippen molar-refractivity contribution in [3.8, 4) is 0 Å². The first-order valence-corrected chi connectivity index (χ1v) is 4.37. The average molecular weight is 197 g/mol. The second-order valence-electron chi connectivity index (χ2n) is 2.49. The largest absolute Gasteiger partial charge is 0.343 e. The summed E-state index contributed by atoms with van der Waals surface area (Å²) in [4.78, 5) is 4.72. The molecule has 0 aromatic carbocycles. The van der Waals surface area contributed by atoms with Crippen LogP contribution in [0, 0.1) is 6.92 Å². The fourth-order valence-electron chi connectivity index (χ4n) is 0.956. The molecular formula is C6H7N5OS. The number of nitrogens with two attached hydrogens (primary N) is 1. The summed E-state index contributed by atoms with van der Waals surface area (Å²) in [6.45, 7) is 1.85. The van der Waals surface area contributed by atoms with E-state index in [0.29, 0.717) is 5.82 Å². The molecule has 0 saturated carbocycles. The van der Waals surface area contributed by atoms with Crippen LogP contribution in [-0.4, -0.2) is 19.7 Å². The Kier molecular flexibility index (Phi) is 2.03. The highest BCUT2D eigenvalue weighted by atomic mass is 32.1. The van der Waals surface area contributed by atoms with Crippen molar-refractivity contribution in [2.45, 2.75) is 13.0 Å². The maximum absolute atomic E-state index is 5.85. The zero-order chi connectivity index (χ0) is 9.26. The predicted octanol–water partition coefficient (Wildman–Crippen LogP) is 0.278. The maximum Gasteiger partial charge on any atom is 0.213 e. The predicted molar refractivity (Wildman–Crippen MR) is 45.0 cm³/mol. The first-order chi connectivity index (χ1) is 6.29. The molecular weight excluding hydrogens is 190 g/mol. The molecule has 0 fully saturated rings. The van der Waals surface area contributed by atoms with Crippen LogP contribution in [0.1, 0.15) is 22.4 Å². The van der Waals surface area contributed by atoms with E-state index >= 15 is 0 Å². The molecule has 2 aromatic rings. The lowest BCUT2D eigenvalue weighted by Gasteiger charge is -2.02. The minimum absolute atomic E-state index is 0.390. The van der Waals surface area contributed by atoms with Crippen LogP contribution in [0.15, 0.2) is 10.9 Å². The van der Waals surface area contributed by atoms with Crippen LogP contribution in [-0.2, 0) is 0 Å². The van der Waals surface area contributed by atoms with Gasteiger partial charge in [-0.1, -0.05) is 9.64 Å². The number of rotatable bonds is 2.